The lowest BCUT2D eigenvalue weighted by molar-refractivity contribution is 0.282. The number of aliphatic hydroxyl groups is 2. The van der Waals surface area contributed by atoms with Gasteiger partial charge in [0.25, 0.3) is 0 Å². The van der Waals surface area contributed by atoms with Crippen LogP contribution < -0.4 is 0 Å². The lowest BCUT2D eigenvalue weighted by Gasteiger charge is -2.11. The zero-order chi connectivity index (χ0) is 15.8. The second kappa shape index (κ2) is 15.0. The highest BCUT2D eigenvalue weighted by Gasteiger charge is 2.16. The standard InChI is InChI=1S/C16H35O4P/c17-13-9-5-1-3-7-11-15-21(19,20)16-12-8-4-2-6-10-14-18/h17-18H,1-16H2,(H,19,20). The molecule has 0 aliphatic rings. The molecule has 0 saturated carbocycles. The Kier molecular flexibility index (Phi) is 15.1. The van der Waals surface area contributed by atoms with Crippen LogP contribution in [0.15, 0.2) is 0 Å². The van der Waals surface area contributed by atoms with Crippen LogP contribution in [0.5, 0.6) is 0 Å². The zero-order valence-electron chi connectivity index (χ0n) is 13.5. The topological polar surface area (TPSA) is 77.8 Å². The zero-order valence-corrected chi connectivity index (χ0v) is 14.4. The quantitative estimate of drug-likeness (QED) is 0.297. The highest BCUT2D eigenvalue weighted by molar-refractivity contribution is 7.57. The van der Waals surface area contributed by atoms with Gasteiger partial charge in [-0.1, -0.05) is 51.4 Å². The summed E-state index contributed by atoms with van der Waals surface area (Å²) in [6.45, 7) is 0.539. The van der Waals surface area contributed by atoms with Crippen molar-refractivity contribution < 1.29 is 19.7 Å². The van der Waals surface area contributed by atoms with Gasteiger partial charge in [0.15, 0.2) is 0 Å². The molecule has 0 aromatic heterocycles. The third-order valence-corrected chi connectivity index (χ3v) is 5.86. The van der Waals surface area contributed by atoms with Gasteiger partial charge in [-0.15, -0.1) is 0 Å². The van der Waals surface area contributed by atoms with E-state index in [9.17, 15) is 9.46 Å². The van der Waals surface area contributed by atoms with Gasteiger partial charge < -0.3 is 15.1 Å². The van der Waals surface area contributed by atoms with Crippen molar-refractivity contribution in [3.05, 3.63) is 0 Å². The summed E-state index contributed by atoms with van der Waals surface area (Å²) in [4.78, 5) is 9.89. The fourth-order valence-corrected chi connectivity index (χ4v) is 4.13. The largest absolute Gasteiger partial charge is 0.396 e. The highest BCUT2D eigenvalue weighted by Crippen LogP contribution is 2.42. The van der Waals surface area contributed by atoms with E-state index < -0.39 is 7.37 Å². The van der Waals surface area contributed by atoms with Gasteiger partial charge in [0.05, 0.1) is 0 Å². The molecule has 4 nitrogen and oxygen atoms in total. The van der Waals surface area contributed by atoms with Crippen molar-refractivity contribution in [1.29, 1.82) is 0 Å². The Hall–Kier alpha value is 0.110. The summed E-state index contributed by atoms with van der Waals surface area (Å²) < 4.78 is 12.0. The summed E-state index contributed by atoms with van der Waals surface area (Å²) in [7, 11) is -2.90. The molecule has 0 fully saturated rings. The van der Waals surface area contributed by atoms with Crippen LogP contribution in [0.4, 0.5) is 0 Å². The van der Waals surface area contributed by atoms with Crippen LogP contribution in [0, 0.1) is 0 Å². The van der Waals surface area contributed by atoms with Gasteiger partial charge >= 0.3 is 0 Å². The minimum Gasteiger partial charge on any atom is -0.396 e. The van der Waals surface area contributed by atoms with Crippen molar-refractivity contribution in [3.63, 3.8) is 0 Å². The Morgan fingerprint density at radius 2 is 0.810 bits per heavy atom. The third-order valence-electron chi connectivity index (χ3n) is 3.83. The van der Waals surface area contributed by atoms with Gasteiger partial charge in [-0.25, -0.2) is 0 Å². The molecule has 3 N–H and O–H groups in total. The molecule has 0 heterocycles. The van der Waals surface area contributed by atoms with E-state index in [1.54, 1.807) is 0 Å². The predicted octanol–water partition coefficient (Wildman–Crippen LogP) is 3.92. The maximum atomic E-state index is 12.0. The number of rotatable bonds is 16. The van der Waals surface area contributed by atoms with E-state index in [4.69, 9.17) is 10.2 Å². The van der Waals surface area contributed by atoms with E-state index in [0.29, 0.717) is 12.3 Å². The van der Waals surface area contributed by atoms with Crippen molar-refractivity contribution in [1.82, 2.24) is 0 Å². The van der Waals surface area contributed by atoms with Crippen molar-refractivity contribution >= 4 is 7.37 Å². The third kappa shape index (κ3) is 16.3. The van der Waals surface area contributed by atoms with E-state index in [2.05, 4.69) is 0 Å². The number of hydrogen-bond donors (Lipinski definition) is 3. The molecule has 0 amide bonds. The van der Waals surface area contributed by atoms with Gasteiger partial charge in [-0.2, -0.15) is 0 Å². The van der Waals surface area contributed by atoms with Gasteiger partial charge in [-0.05, 0) is 25.7 Å². The molecule has 0 radical (unpaired) electrons. The van der Waals surface area contributed by atoms with Gasteiger partial charge in [0.2, 0.25) is 7.37 Å². The summed E-state index contributed by atoms with van der Waals surface area (Å²) in [5.74, 6) is 0. The van der Waals surface area contributed by atoms with Crippen LogP contribution in [-0.2, 0) is 4.57 Å². The molecule has 5 heteroatoms. The second-order valence-corrected chi connectivity index (χ2v) is 8.57. The van der Waals surface area contributed by atoms with Crippen molar-refractivity contribution in [2.75, 3.05) is 25.5 Å². The van der Waals surface area contributed by atoms with Crippen LogP contribution in [0.1, 0.15) is 77.0 Å². The summed E-state index contributed by atoms with van der Waals surface area (Å²) in [5.41, 5.74) is 0. The van der Waals surface area contributed by atoms with Gasteiger partial charge in [0, 0.05) is 25.5 Å². The first kappa shape index (κ1) is 21.1. The summed E-state index contributed by atoms with van der Waals surface area (Å²) in [6, 6.07) is 0. The number of unbranched alkanes of at least 4 members (excludes halogenated alkanes) is 10. The van der Waals surface area contributed by atoms with Crippen LogP contribution >= 0.6 is 7.37 Å². The van der Waals surface area contributed by atoms with Crippen LogP contribution in [0.3, 0.4) is 0 Å². The average Bonchev–Trinajstić information content (AvgIpc) is 2.45. The van der Waals surface area contributed by atoms with E-state index in [0.717, 1.165) is 77.0 Å². The van der Waals surface area contributed by atoms with E-state index in [-0.39, 0.29) is 13.2 Å². The SMILES string of the molecule is O=P(O)(CCCCCCCCO)CCCCCCCCO. The van der Waals surface area contributed by atoms with Crippen molar-refractivity contribution in [2.45, 2.75) is 77.0 Å². The molecule has 0 aliphatic carbocycles. The first-order valence-electron chi connectivity index (χ1n) is 8.65. The minimum absolute atomic E-state index is 0.270. The Labute approximate surface area is 130 Å². The molecule has 0 rings (SSSR count). The molecule has 0 unspecified atom stereocenters. The summed E-state index contributed by atoms with van der Waals surface area (Å²) in [6.07, 6.45) is 13.0. The lowest BCUT2D eigenvalue weighted by Crippen LogP contribution is -1.96. The minimum atomic E-state index is -2.90. The number of hydrogen-bond acceptors (Lipinski definition) is 3. The second-order valence-electron chi connectivity index (χ2n) is 5.98. The molecular weight excluding hydrogens is 287 g/mol. The van der Waals surface area contributed by atoms with E-state index in [1.807, 2.05) is 0 Å². The lowest BCUT2D eigenvalue weighted by atomic mass is 10.1. The maximum absolute atomic E-state index is 12.0. The van der Waals surface area contributed by atoms with E-state index in [1.165, 1.54) is 0 Å². The molecule has 0 spiro atoms. The van der Waals surface area contributed by atoms with E-state index >= 15 is 0 Å². The summed E-state index contributed by atoms with van der Waals surface area (Å²) in [5, 5.41) is 17.3. The molecule has 0 atom stereocenters. The molecule has 0 aromatic carbocycles. The molecule has 21 heavy (non-hydrogen) atoms. The molecule has 0 bridgehead atoms. The first-order valence-corrected chi connectivity index (χ1v) is 10.7. The highest BCUT2D eigenvalue weighted by atomic mass is 31.2. The first-order chi connectivity index (χ1) is 10.1. The summed E-state index contributed by atoms with van der Waals surface area (Å²) >= 11 is 0. The fourth-order valence-electron chi connectivity index (χ4n) is 2.47. The molecular formula is C16H35O4P. The normalized spacial score (nSPS) is 12.0. The van der Waals surface area contributed by atoms with Gasteiger partial charge in [0.1, 0.15) is 0 Å². The molecule has 0 saturated heterocycles. The monoisotopic (exact) mass is 322 g/mol. The predicted molar refractivity (Wildman–Crippen MR) is 89.1 cm³/mol. The van der Waals surface area contributed by atoms with Crippen molar-refractivity contribution in [2.24, 2.45) is 0 Å². The smallest absolute Gasteiger partial charge is 0.200 e. The fraction of sp³-hybridized carbons (Fsp3) is 1.00. The molecule has 0 aliphatic heterocycles. The van der Waals surface area contributed by atoms with Crippen LogP contribution in [-0.4, -0.2) is 40.6 Å². The Bertz CT molecular complexity index is 237. The van der Waals surface area contributed by atoms with Crippen LogP contribution in [0.2, 0.25) is 0 Å². The number of aliphatic hydroxyl groups excluding tert-OH is 2. The van der Waals surface area contributed by atoms with Crippen molar-refractivity contribution in [3.8, 4) is 0 Å². The van der Waals surface area contributed by atoms with Crippen LogP contribution in [0.25, 0.3) is 0 Å². The Morgan fingerprint density at radius 3 is 1.14 bits per heavy atom. The maximum Gasteiger partial charge on any atom is 0.200 e. The Morgan fingerprint density at radius 1 is 0.524 bits per heavy atom. The molecule has 128 valence electrons. The van der Waals surface area contributed by atoms with Gasteiger partial charge in [-0.3, -0.25) is 4.57 Å². The average molecular weight is 322 g/mol. The Balaban J connectivity index is 3.37. The molecule has 0 aromatic rings.